The van der Waals surface area contributed by atoms with Crippen LogP contribution in [-0.2, 0) is 0 Å². The highest BCUT2D eigenvalue weighted by Crippen LogP contribution is 2.60. The van der Waals surface area contributed by atoms with E-state index in [4.69, 9.17) is 5.73 Å². The van der Waals surface area contributed by atoms with Crippen LogP contribution in [0.15, 0.2) is 0 Å². The summed E-state index contributed by atoms with van der Waals surface area (Å²) < 4.78 is 0. The number of nitrogens with zero attached hydrogens (tertiary/aromatic N) is 1. The minimum atomic E-state index is 0.430. The quantitative estimate of drug-likeness (QED) is 0.813. The van der Waals surface area contributed by atoms with E-state index < -0.39 is 0 Å². The van der Waals surface area contributed by atoms with Crippen LogP contribution in [-0.4, -0.2) is 30.6 Å². The normalized spacial score (nSPS) is 55.3. The molecule has 18 heavy (non-hydrogen) atoms. The Kier molecular flexibility index (Phi) is 2.58. The van der Waals surface area contributed by atoms with Crippen molar-refractivity contribution in [1.29, 1.82) is 0 Å². The first-order chi connectivity index (χ1) is 8.62. The predicted octanol–water partition coefficient (Wildman–Crippen LogP) is 2.48. The molecule has 1 heterocycles. The predicted molar refractivity (Wildman–Crippen MR) is 74.2 cm³/mol. The number of rotatable bonds is 2. The van der Waals surface area contributed by atoms with Crippen LogP contribution >= 0.6 is 0 Å². The Bertz CT molecular complexity index is 293. The molecule has 5 aliphatic rings. The Morgan fingerprint density at radius 3 is 2.00 bits per heavy atom. The number of hydrogen-bond acceptors (Lipinski definition) is 2. The third-order valence-electron chi connectivity index (χ3n) is 6.47. The first kappa shape index (κ1) is 11.7. The van der Waals surface area contributed by atoms with E-state index in [9.17, 15) is 0 Å². The topological polar surface area (TPSA) is 29.3 Å². The molecule has 2 atom stereocenters. The molecule has 2 heteroatoms. The van der Waals surface area contributed by atoms with Gasteiger partial charge in [0.1, 0.15) is 0 Å². The van der Waals surface area contributed by atoms with Crippen LogP contribution in [0.5, 0.6) is 0 Å². The van der Waals surface area contributed by atoms with Gasteiger partial charge in [-0.1, -0.05) is 6.92 Å². The van der Waals surface area contributed by atoms with Crippen LogP contribution in [0.25, 0.3) is 0 Å². The Morgan fingerprint density at radius 2 is 1.56 bits per heavy atom. The molecule has 0 amide bonds. The molecule has 4 bridgehead atoms. The van der Waals surface area contributed by atoms with E-state index in [1.54, 1.807) is 38.5 Å². The highest BCUT2D eigenvalue weighted by atomic mass is 15.2. The van der Waals surface area contributed by atoms with Gasteiger partial charge in [0.15, 0.2) is 0 Å². The molecule has 0 aromatic carbocycles. The van der Waals surface area contributed by atoms with Gasteiger partial charge in [-0.15, -0.1) is 0 Å². The zero-order chi connectivity index (χ0) is 12.3. The molecule has 5 rings (SSSR count). The summed E-state index contributed by atoms with van der Waals surface area (Å²) in [4.78, 5) is 2.70. The van der Waals surface area contributed by atoms with Crippen molar-refractivity contribution in [2.45, 2.75) is 51.5 Å². The number of hydrogen-bond donors (Lipinski definition) is 1. The molecule has 2 N–H and O–H groups in total. The van der Waals surface area contributed by atoms with Gasteiger partial charge in [0.25, 0.3) is 0 Å². The van der Waals surface area contributed by atoms with Gasteiger partial charge < -0.3 is 10.6 Å². The molecule has 102 valence electrons. The summed E-state index contributed by atoms with van der Waals surface area (Å²) in [7, 11) is 0. The van der Waals surface area contributed by atoms with Crippen molar-refractivity contribution in [3.05, 3.63) is 0 Å². The fourth-order valence-corrected chi connectivity index (χ4v) is 6.18. The van der Waals surface area contributed by atoms with Gasteiger partial charge in [-0.25, -0.2) is 0 Å². The van der Waals surface area contributed by atoms with E-state index >= 15 is 0 Å². The van der Waals surface area contributed by atoms with Crippen LogP contribution in [0.1, 0.15) is 45.4 Å². The van der Waals surface area contributed by atoms with Gasteiger partial charge in [0.05, 0.1) is 0 Å². The molecule has 4 saturated carbocycles. The maximum absolute atomic E-state index is 6.19. The standard InChI is InChI=1S/C16H28N2/c1-11-8-18(9-15(11)17)10-16-5-12-2-13(6-16)4-14(3-12)7-16/h11-15H,2-10,17H2,1H3. The fourth-order valence-electron chi connectivity index (χ4n) is 6.18. The maximum Gasteiger partial charge on any atom is 0.0206 e. The lowest BCUT2D eigenvalue weighted by molar-refractivity contribution is -0.0668. The third-order valence-corrected chi connectivity index (χ3v) is 6.47. The first-order valence-electron chi connectivity index (χ1n) is 8.10. The molecule has 0 aromatic rings. The molecule has 1 saturated heterocycles. The van der Waals surface area contributed by atoms with Crippen molar-refractivity contribution in [3.63, 3.8) is 0 Å². The van der Waals surface area contributed by atoms with E-state index in [1.165, 1.54) is 13.1 Å². The molecule has 0 radical (unpaired) electrons. The van der Waals surface area contributed by atoms with E-state index in [0.29, 0.717) is 17.4 Å². The van der Waals surface area contributed by atoms with Gasteiger partial charge in [-0.2, -0.15) is 0 Å². The average Bonchev–Trinajstić information content (AvgIpc) is 2.54. The molecule has 5 fully saturated rings. The van der Waals surface area contributed by atoms with E-state index in [2.05, 4.69) is 11.8 Å². The minimum Gasteiger partial charge on any atom is -0.326 e. The lowest BCUT2D eigenvalue weighted by Crippen LogP contribution is -2.51. The van der Waals surface area contributed by atoms with E-state index in [-0.39, 0.29) is 0 Å². The second-order valence-electron chi connectivity index (χ2n) is 8.25. The average molecular weight is 248 g/mol. The molecule has 2 unspecified atom stereocenters. The number of nitrogens with two attached hydrogens (primary N) is 1. The fraction of sp³-hybridized carbons (Fsp3) is 1.00. The lowest BCUT2D eigenvalue weighted by Gasteiger charge is -2.57. The zero-order valence-electron chi connectivity index (χ0n) is 11.8. The van der Waals surface area contributed by atoms with Crippen LogP contribution in [0.4, 0.5) is 0 Å². The van der Waals surface area contributed by atoms with Crippen LogP contribution in [0, 0.1) is 29.1 Å². The second kappa shape index (κ2) is 3.96. The number of likely N-dealkylation sites (tertiary alicyclic amines) is 1. The Hall–Kier alpha value is -0.0800. The minimum absolute atomic E-state index is 0.430. The van der Waals surface area contributed by atoms with Gasteiger partial charge in [-0.3, -0.25) is 0 Å². The van der Waals surface area contributed by atoms with Crippen LogP contribution < -0.4 is 5.73 Å². The van der Waals surface area contributed by atoms with Crippen molar-refractivity contribution < 1.29 is 0 Å². The molecule has 0 aromatic heterocycles. The third kappa shape index (κ3) is 1.84. The van der Waals surface area contributed by atoms with Gasteiger partial charge in [0.2, 0.25) is 0 Å². The van der Waals surface area contributed by atoms with Crippen molar-refractivity contribution in [2.24, 2.45) is 34.8 Å². The van der Waals surface area contributed by atoms with Crippen LogP contribution in [0.2, 0.25) is 0 Å². The van der Waals surface area contributed by atoms with E-state index in [0.717, 1.165) is 24.3 Å². The Morgan fingerprint density at radius 1 is 1.00 bits per heavy atom. The maximum atomic E-state index is 6.19. The lowest BCUT2D eigenvalue weighted by atomic mass is 9.49. The molecular weight excluding hydrogens is 220 g/mol. The van der Waals surface area contributed by atoms with Gasteiger partial charge >= 0.3 is 0 Å². The largest absolute Gasteiger partial charge is 0.326 e. The SMILES string of the molecule is CC1CN(CC23CC4CC(CC(C4)C2)C3)CC1N. The van der Waals surface area contributed by atoms with Crippen molar-refractivity contribution in [3.8, 4) is 0 Å². The highest BCUT2D eigenvalue weighted by Gasteiger charge is 2.51. The molecule has 4 aliphatic carbocycles. The molecule has 1 aliphatic heterocycles. The van der Waals surface area contributed by atoms with Crippen molar-refractivity contribution >= 4 is 0 Å². The van der Waals surface area contributed by atoms with Crippen LogP contribution in [0.3, 0.4) is 0 Å². The summed E-state index contributed by atoms with van der Waals surface area (Å²) >= 11 is 0. The Balaban J connectivity index is 1.48. The summed E-state index contributed by atoms with van der Waals surface area (Å²) in [6, 6.07) is 0.430. The smallest absolute Gasteiger partial charge is 0.0206 e. The highest BCUT2D eigenvalue weighted by molar-refractivity contribution is 5.03. The monoisotopic (exact) mass is 248 g/mol. The van der Waals surface area contributed by atoms with Gasteiger partial charge in [-0.05, 0) is 67.6 Å². The first-order valence-corrected chi connectivity index (χ1v) is 8.10. The van der Waals surface area contributed by atoms with Crippen molar-refractivity contribution in [1.82, 2.24) is 4.90 Å². The molecule has 2 nitrogen and oxygen atoms in total. The second-order valence-corrected chi connectivity index (χ2v) is 8.25. The van der Waals surface area contributed by atoms with Gasteiger partial charge in [0, 0.05) is 25.7 Å². The zero-order valence-corrected chi connectivity index (χ0v) is 11.8. The molecule has 0 spiro atoms. The van der Waals surface area contributed by atoms with E-state index in [1.807, 2.05) is 0 Å². The van der Waals surface area contributed by atoms with Crippen molar-refractivity contribution in [2.75, 3.05) is 19.6 Å². The summed E-state index contributed by atoms with van der Waals surface area (Å²) in [6.45, 7) is 6.10. The summed E-state index contributed by atoms with van der Waals surface area (Å²) in [5.74, 6) is 3.97. The summed E-state index contributed by atoms with van der Waals surface area (Å²) in [6.07, 6.45) is 9.32. The summed E-state index contributed by atoms with van der Waals surface area (Å²) in [5.41, 5.74) is 6.90. The molecular formula is C16H28N2. The summed E-state index contributed by atoms with van der Waals surface area (Å²) in [5, 5.41) is 0. The Labute approximate surface area is 111 Å².